The van der Waals surface area contributed by atoms with E-state index in [2.05, 4.69) is 77.2 Å². The Labute approximate surface area is 207 Å². The maximum absolute atomic E-state index is 4.85. The van der Waals surface area contributed by atoms with Gasteiger partial charge in [0, 0.05) is 53.8 Å². The number of benzene rings is 2. The first-order valence-corrected chi connectivity index (χ1v) is 12.5. The fourth-order valence-electron chi connectivity index (χ4n) is 4.36. The molecule has 8 nitrogen and oxygen atoms in total. The van der Waals surface area contributed by atoms with Crippen molar-refractivity contribution in [2.24, 2.45) is 0 Å². The molecule has 0 bridgehead atoms. The molecule has 1 saturated carbocycles. The van der Waals surface area contributed by atoms with Gasteiger partial charge in [-0.15, -0.1) is 0 Å². The molecule has 4 aromatic rings. The molecule has 174 valence electrons. The minimum atomic E-state index is 0.422. The number of anilines is 5. The van der Waals surface area contributed by atoms with E-state index in [-0.39, 0.29) is 0 Å². The van der Waals surface area contributed by atoms with Crippen molar-refractivity contribution in [2.75, 3.05) is 48.8 Å². The van der Waals surface area contributed by atoms with E-state index in [4.69, 9.17) is 9.97 Å². The Kier molecular flexibility index (Phi) is 5.58. The first-order valence-electron chi connectivity index (χ1n) is 11.7. The number of aromatic nitrogens is 4. The van der Waals surface area contributed by atoms with Crippen molar-refractivity contribution in [3.05, 3.63) is 59.2 Å². The maximum atomic E-state index is 4.85. The number of nitrogens with one attached hydrogen (secondary N) is 2. The quantitative estimate of drug-likeness (QED) is 0.365. The van der Waals surface area contributed by atoms with Crippen LogP contribution in [-0.2, 0) is 0 Å². The molecular weight excluding hydrogens is 492 g/mol. The molecule has 0 amide bonds. The molecule has 0 atom stereocenters. The highest BCUT2D eigenvalue weighted by Crippen LogP contribution is 2.40. The Morgan fingerprint density at radius 1 is 0.912 bits per heavy atom. The van der Waals surface area contributed by atoms with Crippen molar-refractivity contribution in [1.29, 1.82) is 0 Å². The third kappa shape index (κ3) is 4.45. The standard InChI is InChI=1S/C25H27BrN8/c1-32-11-13-33(14-12-32)20-7-5-18(6-8-20)28-24-27-16-22-23(31-24)34(21-9-10-21)25(30-22)29-19-4-2-3-17(26)15-19/h2-8,15-16,21H,9-14H2,1H3,(H,29,30)(H,27,28,31). The van der Waals surface area contributed by atoms with E-state index in [9.17, 15) is 0 Å². The van der Waals surface area contributed by atoms with Crippen LogP contribution in [-0.4, -0.2) is 57.6 Å². The molecule has 2 aromatic carbocycles. The van der Waals surface area contributed by atoms with Gasteiger partial charge in [-0.2, -0.15) is 4.98 Å². The van der Waals surface area contributed by atoms with Crippen LogP contribution in [0, 0.1) is 0 Å². The average molecular weight is 519 g/mol. The molecule has 3 heterocycles. The van der Waals surface area contributed by atoms with Crippen molar-refractivity contribution in [1.82, 2.24) is 24.4 Å². The lowest BCUT2D eigenvalue weighted by Crippen LogP contribution is -2.44. The summed E-state index contributed by atoms with van der Waals surface area (Å²) in [5, 5.41) is 6.83. The molecule has 0 spiro atoms. The van der Waals surface area contributed by atoms with E-state index in [1.54, 1.807) is 6.20 Å². The minimum Gasteiger partial charge on any atom is -0.369 e. The highest BCUT2D eigenvalue weighted by Gasteiger charge is 2.29. The Bertz CT molecular complexity index is 1310. The SMILES string of the molecule is CN1CCN(c2ccc(Nc3ncc4nc(Nc5cccc(Br)c5)n(C5CC5)c4n3)cc2)CC1. The highest BCUT2D eigenvalue weighted by atomic mass is 79.9. The van der Waals surface area contributed by atoms with Crippen molar-refractivity contribution in [3.63, 3.8) is 0 Å². The summed E-state index contributed by atoms with van der Waals surface area (Å²) in [4.78, 5) is 19.0. The molecule has 6 rings (SSSR count). The molecule has 2 aliphatic rings. The van der Waals surface area contributed by atoms with Gasteiger partial charge in [0.2, 0.25) is 11.9 Å². The lowest BCUT2D eigenvalue weighted by molar-refractivity contribution is 0.313. The van der Waals surface area contributed by atoms with Crippen LogP contribution in [0.2, 0.25) is 0 Å². The van der Waals surface area contributed by atoms with Crippen molar-refractivity contribution in [2.45, 2.75) is 18.9 Å². The van der Waals surface area contributed by atoms with Crippen LogP contribution in [0.15, 0.2) is 59.2 Å². The van der Waals surface area contributed by atoms with Crippen LogP contribution in [0.1, 0.15) is 18.9 Å². The summed E-state index contributed by atoms with van der Waals surface area (Å²) in [7, 11) is 2.18. The molecule has 1 aliphatic carbocycles. The zero-order valence-electron chi connectivity index (χ0n) is 19.1. The topological polar surface area (TPSA) is 74.1 Å². The number of piperazine rings is 1. The van der Waals surface area contributed by atoms with Crippen molar-refractivity contribution in [3.8, 4) is 0 Å². The fraction of sp³-hybridized carbons (Fsp3) is 0.320. The van der Waals surface area contributed by atoms with Gasteiger partial charge in [-0.3, -0.25) is 4.57 Å². The molecule has 1 aliphatic heterocycles. The smallest absolute Gasteiger partial charge is 0.229 e. The second-order valence-electron chi connectivity index (χ2n) is 9.04. The van der Waals surface area contributed by atoms with Gasteiger partial charge in [-0.05, 0) is 62.4 Å². The van der Waals surface area contributed by atoms with Crippen LogP contribution < -0.4 is 15.5 Å². The third-order valence-electron chi connectivity index (χ3n) is 6.42. The summed E-state index contributed by atoms with van der Waals surface area (Å²) in [6.45, 7) is 4.32. The van der Waals surface area contributed by atoms with Crippen LogP contribution in [0.3, 0.4) is 0 Å². The molecule has 1 saturated heterocycles. The normalized spacial score (nSPS) is 16.7. The van der Waals surface area contributed by atoms with Crippen LogP contribution in [0.25, 0.3) is 11.2 Å². The summed E-state index contributed by atoms with van der Waals surface area (Å²) in [5.41, 5.74) is 4.86. The molecular formula is C25H27BrN8. The Hall–Kier alpha value is -3.17. The summed E-state index contributed by atoms with van der Waals surface area (Å²) in [6, 6.07) is 17.0. The number of hydrogen-bond acceptors (Lipinski definition) is 7. The summed E-state index contributed by atoms with van der Waals surface area (Å²) in [5.74, 6) is 1.38. The number of rotatable bonds is 6. The first-order chi connectivity index (χ1) is 16.6. The Morgan fingerprint density at radius 3 is 2.44 bits per heavy atom. The van der Waals surface area contributed by atoms with E-state index in [1.165, 1.54) is 5.69 Å². The summed E-state index contributed by atoms with van der Waals surface area (Å²) < 4.78 is 3.23. The lowest BCUT2D eigenvalue weighted by Gasteiger charge is -2.34. The molecule has 2 fully saturated rings. The third-order valence-corrected chi connectivity index (χ3v) is 6.91. The number of hydrogen-bond donors (Lipinski definition) is 2. The molecule has 2 N–H and O–H groups in total. The van der Waals surface area contributed by atoms with E-state index in [0.29, 0.717) is 12.0 Å². The zero-order chi connectivity index (χ0) is 23.1. The van der Waals surface area contributed by atoms with E-state index < -0.39 is 0 Å². The maximum Gasteiger partial charge on any atom is 0.229 e. The number of nitrogens with zero attached hydrogens (tertiary/aromatic N) is 6. The van der Waals surface area contributed by atoms with Crippen molar-refractivity contribution < 1.29 is 0 Å². The number of fused-ring (bicyclic) bond motifs is 1. The lowest BCUT2D eigenvalue weighted by atomic mass is 10.2. The molecule has 9 heteroatoms. The van der Waals surface area contributed by atoms with Crippen molar-refractivity contribution >= 4 is 56.1 Å². The number of halogens is 1. The van der Waals surface area contributed by atoms with Gasteiger partial charge < -0.3 is 20.4 Å². The van der Waals surface area contributed by atoms with Crippen LogP contribution in [0.5, 0.6) is 0 Å². The van der Waals surface area contributed by atoms with E-state index in [0.717, 1.165) is 72.0 Å². The number of imidazole rings is 1. The van der Waals surface area contributed by atoms with Gasteiger partial charge in [0.25, 0.3) is 0 Å². The molecule has 0 unspecified atom stereocenters. The predicted molar refractivity (Wildman–Crippen MR) is 140 cm³/mol. The summed E-state index contributed by atoms with van der Waals surface area (Å²) in [6.07, 6.45) is 4.08. The van der Waals surface area contributed by atoms with Gasteiger partial charge in [0.05, 0.1) is 6.20 Å². The minimum absolute atomic E-state index is 0.422. The highest BCUT2D eigenvalue weighted by molar-refractivity contribution is 9.10. The van der Waals surface area contributed by atoms with Gasteiger partial charge in [0.1, 0.15) is 5.52 Å². The molecule has 0 radical (unpaired) electrons. The molecule has 2 aromatic heterocycles. The van der Waals surface area contributed by atoms with Gasteiger partial charge >= 0.3 is 0 Å². The second-order valence-corrected chi connectivity index (χ2v) is 9.95. The predicted octanol–water partition coefficient (Wildman–Crippen LogP) is 5.16. The van der Waals surface area contributed by atoms with E-state index >= 15 is 0 Å². The Balaban J connectivity index is 1.24. The van der Waals surface area contributed by atoms with E-state index in [1.807, 2.05) is 24.3 Å². The van der Waals surface area contributed by atoms with Gasteiger partial charge in [0.15, 0.2) is 5.65 Å². The molecule has 34 heavy (non-hydrogen) atoms. The zero-order valence-corrected chi connectivity index (χ0v) is 20.7. The Morgan fingerprint density at radius 2 is 1.71 bits per heavy atom. The largest absolute Gasteiger partial charge is 0.369 e. The van der Waals surface area contributed by atoms with Crippen LogP contribution >= 0.6 is 15.9 Å². The monoisotopic (exact) mass is 518 g/mol. The summed E-state index contributed by atoms with van der Waals surface area (Å²) >= 11 is 3.54. The second kappa shape index (κ2) is 8.88. The van der Waals surface area contributed by atoms with Gasteiger partial charge in [-0.1, -0.05) is 22.0 Å². The number of likely N-dealkylation sites (N-methyl/N-ethyl adjacent to an activating group) is 1. The first kappa shape index (κ1) is 21.4. The average Bonchev–Trinajstić information content (AvgIpc) is 3.61. The van der Waals surface area contributed by atoms with Crippen LogP contribution in [0.4, 0.5) is 29.0 Å². The fourth-order valence-corrected chi connectivity index (χ4v) is 4.76. The van der Waals surface area contributed by atoms with Gasteiger partial charge in [-0.25, -0.2) is 9.97 Å².